The third-order valence-corrected chi connectivity index (χ3v) is 3.30. The van der Waals surface area contributed by atoms with Gasteiger partial charge in [-0.25, -0.2) is 14.4 Å². The van der Waals surface area contributed by atoms with Crippen molar-refractivity contribution >= 4 is 17.4 Å². The second-order valence-electron chi connectivity index (χ2n) is 4.49. The summed E-state index contributed by atoms with van der Waals surface area (Å²) in [7, 11) is 0. The minimum atomic E-state index is -0.394. The summed E-state index contributed by atoms with van der Waals surface area (Å²) in [6, 6.07) is 15.3. The molecule has 0 spiro atoms. The first kappa shape index (κ1) is 13.5. The SMILES string of the molecule is Nc1cc(-c2ccc(F)cc2Cl)nc(-c2ccccc2)n1. The van der Waals surface area contributed by atoms with Gasteiger partial charge in [0.15, 0.2) is 5.82 Å². The van der Waals surface area contributed by atoms with Crippen molar-refractivity contribution in [1.82, 2.24) is 9.97 Å². The number of aromatic nitrogens is 2. The first-order valence-corrected chi connectivity index (χ1v) is 6.67. The molecule has 0 aliphatic rings. The normalized spacial score (nSPS) is 10.6. The van der Waals surface area contributed by atoms with Crippen LogP contribution in [-0.2, 0) is 0 Å². The minimum Gasteiger partial charge on any atom is -0.384 e. The molecule has 0 aliphatic carbocycles. The van der Waals surface area contributed by atoms with Gasteiger partial charge in [0, 0.05) is 17.2 Å². The van der Waals surface area contributed by atoms with E-state index in [0.29, 0.717) is 22.9 Å². The van der Waals surface area contributed by atoms with Crippen molar-refractivity contribution in [1.29, 1.82) is 0 Å². The van der Waals surface area contributed by atoms with Crippen molar-refractivity contribution in [3.05, 3.63) is 65.4 Å². The Balaban J connectivity index is 2.14. The number of anilines is 1. The minimum absolute atomic E-state index is 0.284. The van der Waals surface area contributed by atoms with Gasteiger partial charge in [-0.05, 0) is 18.2 Å². The Bertz CT molecular complexity index is 791. The van der Waals surface area contributed by atoms with Crippen LogP contribution in [0.3, 0.4) is 0 Å². The van der Waals surface area contributed by atoms with Gasteiger partial charge in [0.2, 0.25) is 0 Å². The quantitative estimate of drug-likeness (QED) is 0.772. The van der Waals surface area contributed by atoms with Gasteiger partial charge in [-0.3, -0.25) is 0 Å². The molecule has 0 aliphatic heterocycles. The monoisotopic (exact) mass is 299 g/mol. The Morgan fingerprint density at radius 3 is 2.43 bits per heavy atom. The highest BCUT2D eigenvalue weighted by Gasteiger charge is 2.10. The number of nitrogen functional groups attached to an aromatic ring is 1. The lowest BCUT2D eigenvalue weighted by Gasteiger charge is -2.08. The van der Waals surface area contributed by atoms with Crippen molar-refractivity contribution in [2.24, 2.45) is 0 Å². The highest BCUT2D eigenvalue weighted by Crippen LogP contribution is 2.29. The number of nitrogens with two attached hydrogens (primary N) is 1. The lowest BCUT2D eigenvalue weighted by Crippen LogP contribution is -1.98. The summed E-state index contributed by atoms with van der Waals surface area (Å²) < 4.78 is 13.1. The van der Waals surface area contributed by atoms with Gasteiger partial charge in [0.05, 0.1) is 10.7 Å². The second kappa shape index (κ2) is 5.50. The Morgan fingerprint density at radius 1 is 0.952 bits per heavy atom. The van der Waals surface area contributed by atoms with Crippen LogP contribution in [0.5, 0.6) is 0 Å². The van der Waals surface area contributed by atoms with E-state index in [1.54, 1.807) is 12.1 Å². The predicted molar refractivity (Wildman–Crippen MR) is 82.3 cm³/mol. The zero-order valence-corrected chi connectivity index (χ0v) is 11.7. The van der Waals surface area contributed by atoms with E-state index >= 15 is 0 Å². The third-order valence-electron chi connectivity index (χ3n) is 2.99. The Kier molecular flexibility index (Phi) is 3.54. The van der Waals surface area contributed by atoms with Gasteiger partial charge in [-0.2, -0.15) is 0 Å². The fourth-order valence-corrected chi connectivity index (χ4v) is 2.28. The van der Waals surface area contributed by atoms with Gasteiger partial charge >= 0.3 is 0 Å². The van der Waals surface area contributed by atoms with Crippen LogP contribution in [0.2, 0.25) is 5.02 Å². The molecular weight excluding hydrogens is 289 g/mol. The van der Waals surface area contributed by atoms with Crippen LogP contribution < -0.4 is 5.73 Å². The summed E-state index contributed by atoms with van der Waals surface area (Å²) in [6.07, 6.45) is 0. The molecule has 0 saturated carbocycles. The molecule has 2 N–H and O–H groups in total. The molecule has 0 bridgehead atoms. The number of hydrogen-bond acceptors (Lipinski definition) is 3. The maximum absolute atomic E-state index is 13.1. The standard InChI is InChI=1S/C16H11ClFN3/c17-13-8-11(18)6-7-12(13)14-9-15(19)21-16(20-14)10-4-2-1-3-5-10/h1-9H,(H2,19,20,21). The predicted octanol–water partition coefficient (Wildman–Crippen LogP) is 4.19. The van der Waals surface area contributed by atoms with Crippen LogP contribution in [0.1, 0.15) is 0 Å². The van der Waals surface area contributed by atoms with Crippen molar-refractivity contribution in [3.63, 3.8) is 0 Å². The maximum atomic E-state index is 13.1. The van der Waals surface area contributed by atoms with E-state index in [1.807, 2.05) is 30.3 Å². The number of nitrogens with zero attached hydrogens (tertiary/aromatic N) is 2. The van der Waals surface area contributed by atoms with Crippen molar-refractivity contribution in [3.8, 4) is 22.6 Å². The van der Waals surface area contributed by atoms with Crippen LogP contribution in [0.25, 0.3) is 22.6 Å². The molecular formula is C16H11ClFN3. The molecule has 0 atom stereocenters. The molecule has 0 fully saturated rings. The number of rotatable bonds is 2. The van der Waals surface area contributed by atoms with Crippen LogP contribution >= 0.6 is 11.6 Å². The lowest BCUT2D eigenvalue weighted by atomic mass is 10.1. The fourth-order valence-electron chi connectivity index (χ4n) is 2.02. The van der Waals surface area contributed by atoms with E-state index in [9.17, 15) is 4.39 Å². The average Bonchev–Trinajstić information content (AvgIpc) is 2.47. The second-order valence-corrected chi connectivity index (χ2v) is 4.90. The molecule has 3 rings (SSSR count). The maximum Gasteiger partial charge on any atom is 0.162 e. The van der Waals surface area contributed by atoms with E-state index in [0.717, 1.165) is 5.56 Å². The smallest absolute Gasteiger partial charge is 0.162 e. The Hall–Kier alpha value is -2.46. The molecule has 1 heterocycles. The molecule has 0 saturated heterocycles. The average molecular weight is 300 g/mol. The summed E-state index contributed by atoms with van der Waals surface area (Å²) in [6.45, 7) is 0. The molecule has 104 valence electrons. The van der Waals surface area contributed by atoms with Crippen molar-refractivity contribution < 1.29 is 4.39 Å². The van der Waals surface area contributed by atoms with Gasteiger partial charge in [-0.15, -0.1) is 0 Å². The van der Waals surface area contributed by atoms with Gasteiger partial charge in [0.25, 0.3) is 0 Å². The van der Waals surface area contributed by atoms with E-state index in [2.05, 4.69) is 9.97 Å². The largest absolute Gasteiger partial charge is 0.384 e. The topological polar surface area (TPSA) is 51.8 Å². The van der Waals surface area contributed by atoms with E-state index in [-0.39, 0.29) is 5.02 Å². The Labute approximate surface area is 126 Å². The molecule has 1 aromatic heterocycles. The molecule has 3 nitrogen and oxygen atoms in total. The van der Waals surface area contributed by atoms with Gasteiger partial charge in [-0.1, -0.05) is 41.9 Å². The first-order chi connectivity index (χ1) is 10.1. The van der Waals surface area contributed by atoms with Gasteiger partial charge in [0.1, 0.15) is 11.6 Å². The molecule has 5 heteroatoms. The summed E-state index contributed by atoms with van der Waals surface area (Å²) >= 11 is 6.07. The van der Waals surface area contributed by atoms with E-state index < -0.39 is 5.82 Å². The summed E-state index contributed by atoms with van der Waals surface area (Å²) in [5, 5.41) is 0.284. The third kappa shape index (κ3) is 2.85. The highest BCUT2D eigenvalue weighted by molar-refractivity contribution is 6.33. The molecule has 2 aromatic carbocycles. The van der Waals surface area contributed by atoms with E-state index in [1.165, 1.54) is 12.1 Å². The first-order valence-electron chi connectivity index (χ1n) is 6.29. The molecule has 0 unspecified atom stereocenters. The van der Waals surface area contributed by atoms with Crippen LogP contribution in [0, 0.1) is 5.82 Å². The molecule has 0 amide bonds. The summed E-state index contributed by atoms with van der Waals surface area (Å²) in [5.74, 6) is 0.444. The van der Waals surface area contributed by atoms with Crippen LogP contribution in [0.15, 0.2) is 54.6 Å². The molecule has 3 aromatic rings. The fraction of sp³-hybridized carbons (Fsp3) is 0. The van der Waals surface area contributed by atoms with E-state index in [4.69, 9.17) is 17.3 Å². The van der Waals surface area contributed by atoms with Crippen molar-refractivity contribution in [2.45, 2.75) is 0 Å². The van der Waals surface area contributed by atoms with Crippen molar-refractivity contribution in [2.75, 3.05) is 5.73 Å². The number of benzene rings is 2. The Morgan fingerprint density at radius 2 is 1.71 bits per heavy atom. The summed E-state index contributed by atoms with van der Waals surface area (Å²) in [5.41, 5.74) is 7.87. The zero-order valence-electron chi connectivity index (χ0n) is 10.9. The summed E-state index contributed by atoms with van der Waals surface area (Å²) in [4.78, 5) is 8.69. The molecule has 21 heavy (non-hydrogen) atoms. The lowest BCUT2D eigenvalue weighted by molar-refractivity contribution is 0.628. The zero-order chi connectivity index (χ0) is 14.8. The van der Waals surface area contributed by atoms with Crippen LogP contribution in [-0.4, -0.2) is 9.97 Å². The number of hydrogen-bond donors (Lipinski definition) is 1. The molecule has 0 radical (unpaired) electrons. The number of halogens is 2. The van der Waals surface area contributed by atoms with Gasteiger partial charge < -0.3 is 5.73 Å². The van der Waals surface area contributed by atoms with Crippen LogP contribution in [0.4, 0.5) is 10.2 Å². The highest BCUT2D eigenvalue weighted by atomic mass is 35.5.